The Bertz CT molecular complexity index is 1110. The minimum absolute atomic E-state index is 0.0296. The van der Waals surface area contributed by atoms with Crippen molar-refractivity contribution in [2.75, 3.05) is 20.0 Å². The number of aromatic nitrogens is 1. The van der Waals surface area contributed by atoms with E-state index in [1.54, 1.807) is 42.5 Å². The number of methoxy groups -OCH3 is 2. The van der Waals surface area contributed by atoms with Crippen molar-refractivity contribution in [3.8, 4) is 40.0 Å². The zero-order valence-electron chi connectivity index (χ0n) is 15.2. The number of rotatable bonds is 5. The lowest BCUT2D eigenvalue weighted by Crippen LogP contribution is -2.02. The Hall–Kier alpha value is -4.12. The van der Waals surface area contributed by atoms with Gasteiger partial charge in [0.2, 0.25) is 0 Å². The summed E-state index contributed by atoms with van der Waals surface area (Å²) in [7, 11) is 3.03. The van der Waals surface area contributed by atoms with Crippen LogP contribution in [-0.2, 0) is 0 Å². The first kappa shape index (κ1) is 18.7. The van der Waals surface area contributed by atoms with E-state index in [2.05, 4.69) is 4.98 Å². The lowest BCUT2D eigenvalue weighted by molar-refractivity contribution is -0.384. The van der Waals surface area contributed by atoms with Gasteiger partial charge in [-0.2, -0.15) is 5.26 Å². The van der Waals surface area contributed by atoms with Crippen LogP contribution in [0, 0.1) is 21.4 Å². The van der Waals surface area contributed by atoms with E-state index in [-0.39, 0.29) is 22.8 Å². The van der Waals surface area contributed by atoms with Crippen molar-refractivity contribution in [1.82, 2.24) is 4.98 Å². The molecule has 0 unspecified atom stereocenters. The zero-order chi connectivity index (χ0) is 20.3. The Labute approximate surface area is 160 Å². The van der Waals surface area contributed by atoms with Gasteiger partial charge in [-0.25, -0.2) is 4.98 Å². The van der Waals surface area contributed by atoms with Crippen LogP contribution in [0.1, 0.15) is 5.56 Å². The second kappa shape index (κ2) is 7.63. The molecular formula is C20H16N4O4. The average molecular weight is 376 g/mol. The molecule has 0 saturated carbocycles. The van der Waals surface area contributed by atoms with Crippen molar-refractivity contribution in [3.05, 3.63) is 64.2 Å². The zero-order valence-corrected chi connectivity index (χ0v) is 15.2. The van der Waals surface area contributed by atoms with E-state index >= 15 is 0 Å². The van der Waals surface area contributed by atoms with Crippen LogP contribution in [0.2, 0.25) is 0 Å². The summed E-state index contributed by atoms with van der Waals surface area (Å²) >= 11 is 0. The van der Waals surface area contributed by atoms with E-state index in [4.69, 9.17) is 15.2 Å². The highest BCUT2D eigenvalue weighted by atomic mass is 16.6. The van der Waals surface area contributed by atoms with Gasteiger partial charge in [-0.15, -0.1) is 0 Å². The van der Waals surface area contributed by atoms with E-state index in [0.29, 0.717) is 28.2 Å². The van der Waals surface area contributed by atoms with Gasteiger partial charge in [0, 0.05) is 17.2 Å². The van der Waals surface area contributed by atoms with Crippen molar-refractivity contribution in [2.24, 2.45) is 0 Å². The predicted molar refractivity (Wildman–Crippen MR) is 104 cm³/mol. The third kappa shape index (κ3) is 3.29. The fourth-order valence-corrected chi connectivity index (χ4v) is 2.91. The molecule has 0 atom stereocenters. The second-order valence-corrected chi connectivity index (χ2v) is 5.77. The van der Waals surface area contributed by atoms with Gasteiger partial charge in [-0.05, 0) is 30.3 Å². The van der Waals surface area contributed by atoms with Crippen LogP contribution < -0.4 is 15.2 Å². The fourth-order valence-electron chi connectivity index (χ4n) is 2.91. The molecule has 8 heteroatoms. The predicted octanol–water partition coefficient (Wildman–Crippen LogP) is 3.79. The van der Waals surface area contributed by atoms with E-state index in [9.17, 15) is 15.4 Å². The summed E-state index contributed by atoms with van der Waals surface area (Å²) in [6.45, 7) is 0. The molecule has 0 spiro atoms. The van der Waals surface area contributed by atoms with Gasteiger partial charge in [-0.1, -0.05) is 12.1 Å². The summed E-state index contributed by atoms with van der Waals surface area (Å²) in [5, 5.41) is 21.0. The van der Waals surface area contributed by atoms with Gasteiger partial charge < -0.3 is 15.2 Å². The summed E-state index contributed by atoms with van der Waals surface area (Å²) in [6.07, 6.45) is 0. The number of ether oxygens (including phenoxy) is 2. The fraction of sp³-hybridized carbons (Fsp3) is 0.100. The van der Waals surface area contributed by atoms with Crippen LogP contribution in [0.4, 0.5) is 11.5 Å². The maximum Gasteiger partial charge on any atom is 0.278 e. The average Bonchev–Trinajstić information content (AvgIpc) is 2.72. The molecule has 0 fully saturated rings. The normalized spacial score (nSPS) is 10.2. The SMILES string of the molecule is COc1ccc(OC)c(-c2cc(-c3ccccc3[N+](=O)[O-])nc(N)c2C#N)c1. The van der Waals surface area contributed by atoms with Gasteiger partial charge >= 0.3 is 0 Å². The smallest absolute Gasteiger partial charge is 0.278 e. The summed E-state index contributed by atoms with van der Waals surface area (Å²) < 4.78 is 10.7. The molecular weight excluding hydrogens is 360 g/mol. The largest absolute Gasteiger partial charge is 0.497 e. The van der Waals surface area contributed by atoms with Crippen LogP contribution in [-0.4, -0.2) is 24.1 Å². The van der Waals surface area contributed by atoms with Crippen molar-refractivity contribution in [3.63, 3.8) is 0 Å². The number of nitro groups is 1. The number of hydrogen-bond acceptors (Lipinski definition) is 7. The first-order valence-corrected chi connectivity index (χ1v) is 8.17. The third-order valence-electron chi connectivity index (χ3n) is 4.23. The molecule has 0 bridgehead atoms. The highest BCUT2D eigenvalue weighted by Gasteiger charge is 2.21. The molecule has 1 heterocycles. The molecule has 28 heavy (non-hydrogen) atoms. The quantitative estimate of drug-likeness (QED) is 0.530. The van der Waals surface area contributed by atoms with Crippen LogP contribution in [0.3, 0.4) is 0 Å². The molecule has 0 aliphatic heterocycles. The van der Waals surface area contributed by atoms with E-state index in [0.717, 1.165) is 0 Å². The number of nitrogens with two attached hydrogens (primary N) is 1. The molecule has 140 valence electrons. The molecule has 3 aromatic rings. The van der Waals surface area contributed by atoms with Gasteiger partial charge in [-0.3, -0.25) is 10.1 Å². The Kier molecular flexibility index (Phi) is 5.09. The topological polar surface area (TPSA) is 124 Å². The maximum atomic E-state index is 11.4. The number of nitriles is 1. The highest BCUT2D eigenvalue weighted by molar-refractivity contribution is 5.85. The first-order chi connectivity index (χ1) is 13.5. The molecule has 3 rings (SSSR count). The lowest BCUT2D eigenvalue weighted by Gasteiger charge is -2.14. The minimum atomic E-state index is -0.489. The first-order valence-electron chi connectivity index (χ1n) is 8.17. The van der Waals surface area contributed by atoms with E-state index in [1.807, 2.05) is 6.07 Å². The summed E-state index contributed by atoms with van der Waals surface area (Å²) in [5.74, 6) is 1.02. The molecule has 0 radical (unpaired) electrons. The van der Waals surface area contributed by atoms with Gasteiger partial charge in [0.05, 0.1) is 30.4 Å². The van der Waals surface area contributed by atoms with Crippen LogP contribution in [0.5, 0.6) is 11.5 Å². The standard InChI is InChI=1S/C20H16N4O4/c1-27-12-7-8-19(28-2)15(9-12)14-10-17(23-20(22)16(14)11-21)13-5-3-4-6-18(13)24(25)26/h3-10H,1-2H3,(H2,22,23). The maximum absolute atomic E-state index is 11.4. The molecule has 0 aliphatic rings. The number of para-hydroxylation sites is 1. The van der Waals surface area contributed by atoms with Crippen molar-refractivity contribution < 1.29 is 14.4 Å². The minimum Gasteiger partial charge on any atom is -0.497 e. The number of hydrogen-bond donors (Lipinski definition) is 1. The van der Waals surface area contributed by atoms with Crippen LogP contribution >= 0.6 is 0 Å². The van der Waals surface area contributed by atoms with Crippen molar-refractivity contribution in [2.45, 2.75) is 0 Å². The Morgan fingerprint density at radius 2 is 1.82 bits per heavy atom. The van der Waals surface area contributed by atoms with Gasteiger partial charge in [0.15, 0.2) is 0 Å². The number of anilines is 1. The molecule has 2 N–H and O–H groups in total. The molecule has 1 aromatic heterocycles. The monoisotopic (exact) mass is 376 g/mol. The van der Waals surface area contributed by atoms with E-state index in [1.165, 1.54) is 20.3 Å². The molecule has 0 aliphatic carbocycles. The number of nitro benzene ring substituents is 1. The molecule has 8 nitrogen and oxygen atoms in total. The van der Waals surface area contributed by atoms with Gasteiger partial charge in [0.25, 0.3) is 5.69 Å². The summed E-state index contributed by atoms with van der Waals surface area (Å²) in [6, 6.07) is 15.0. The van der Waals surface area contributed by atoms with Crippen molar-refractivity contribution in [1.29, 1.82) is 5.26 Å². The highest BCUT2D eigenvalue weighted by Crippen LogP contribution is 2.39. The Morgan fingerprint density at radius 3 is 2.46 bits per heavy atom. The number of nitrogens with zero attached hydrogens (tertiary/aromatic N) is 3. The van der Waals surface area contributed by atoms with Crippen molar-refractivity contribution >= 4 is 11.5 Å². The number of pyridine rings is 1. The number of nitrogen functional groups attached to an aromatic ring is 1. The summed E-state index contributed by atoms with van der Waals surface area (Å²) in [5.41, 5.74) is 7.64. The van der Waals surface area contributed by atoms with Crippen LogP contribution in [0.25, 0.3) is 22.4 Å². The third-order valence-corrected chi connectivity index (χ3v) is 4.23. The number of benzene rings is 2. The van der Waals surface area contributed by atoms with E-state index < -0.39 is 4.92 Å². The Balaban J connectivity index is 2.33. The Morgan fingerprint density at radius 1 is 1.07 bits per heavy atom. The molecule has 2 aromatic carbocycles. The molecule has 0 amide bonds. The summed E-state index contributed by atoms with van der Waals surface area (Å²) in [4.78, 5) is 15.1. The molecule has 0 saturated heterocycles. The van der Waals surface area contributed by atoms with Crippen LogP contribution in [0.15, 0.2) is 48.5 Å². The second-order valence-electron chi connectivity index (χ2n) is 5.77. The van der Waals surface area contributed by atoms with Gasteiger partial charge in [0.1, 0.15) is 28.9 Å². The lowest BCUT2D eigenvalue weighted by atomic mass is 9.97.